The summed E-state index contributed by atoms with van der Waals surface area (Å²) in [6.45, 7) is 53.2. The van der Waals surface area contributed by atoms with Gasteiger partial charge in [0.15, 0.2) is 0 Å². The van der Waals surface area contributed by atoms with Gasteiger partial charge in [-0.15, -0.1) is 0 Å². The quantitative estimate of drug-likeness (QED) is 0.261. The highest BCUT2D eigenvalue weighted by Gasteiger charge is 2.60. The molecule has 0 aromatic heterocycles. The van der Waals surface area contributed by atoms with Crippen LogP contribution >= 0.6 is 0 Å². The molecule has 0 radical (unpaired) electrons. The number of likely N-dealkylation sites (tertiary alicyclic amines) is 6. The summed E-state index contributed by atoms with van der Waals surface area (Å²) in [7, 11) is 12.1. The zero-order valence-corrected chi connectivity index (χ0v) is 72.3. The van der Waals surface area contributed by atoms with E-state index in [0.717, 1.165) is 110 Å². The predicted molar refractivity (Wildman–Crippen MR) is 424 cm³/mol. The van der Waals surface area contributed by atoms with Crippen molar-refractivity contribution < 1.29 is 28.8 Å². The van der Waals surface area contributed by atoms with E-state index in [2.05, 4.69) is 196 Å². The van der Waals surface area contributed by atoms with Crippen LogP contribution in [0.1, 0.15) is 359 Å². The lowest BCUT2D eigenvalue weighted by molar-refractivity contribution is -0.136. The van der Waals surface area contributed by atoms with Crippen molar-refractivity contribution in [1.29, 1.82) is 0 Å². The highest BCUT2D eigenvalue weighted by molar-refractivity contribution is 5.88. The maximum Gasteiger partial charge on any atom is 0.228 e. The van der Waals surface area contributed by atoms with Crippen molar-refractivity contribution in [2.75, 3.05) is 42.3 Å². The van der Waals surface area contributed by atoms with E-state index >= 15 is 0 Å². The maximum absolute atomic E-state index is 12.2. The van der Waals surface area contributed by atoms with Crippen LogP contribution in [-0.4, -0.2) is 140 Å². The molecule has 588 valence electrons. The van der Waals surface area contributed by atoms with Crippen LogP contribution in [0.25, 0.3) is 0 Å². The molecule has 6 saturated carbocycles. The van der Waals surface area contributed by atoms with Crippen LogP contribution in [0.3, 0.4) is 0 Å². The van der Waals surface area contributed by atoms with Gasteiger partial charge in [0.25, 0.3) is 0 Å². The molecule has 12 nitrogen and oxygen atoms in total. The molecule has 0 bridgehead atoms. The van der Waals surface area contributed by atoms with Crippen LogP contribution in [0.15, 0.2) is 0 Å². The topological polar surface area (TPSA) is 122 Å². The summed E-state index contributed by atoms with van der Waals surface area (Å²) in [4.78, 5) is 85.9. The van der Waals surface area contributed by atoms with Crippen LogP contribution in [0.2, 0.25) is 0 Å². The smallest absolute Gasteiger partial charge is 0.228 e. The van der Waals surface area contributed by atoms with Crippen molar-refractivity contribution in [3.05, 3.63) is 0 Å². The Hall–Kier alpha value is -3.18. The van der Waals surface area contributed by atoms with Crippen LogP contribution in [0.5, 0.6) is 0 Å². The molecule has 0 atom stereocenters. The minimum absolute atomic E-state index is 0.139. The maximum atomic E-state index is 12.2. The zero-order valence-electron chi connectivity index (χ0n) is 72.3. The third kappa shape index (κ3) is 17.6. The molecule has 6 saturated heterocycles. The van der Waals surface area contributed by atoms with Crippen molar-refractivity contribution in [3.8, 4) is 0 Å². The number of amides is 6. The van der Waals surface area contributed by atoms with Crippen molar-refractivity contribution in [3.63, 3.8) is 0 Å². The first-order valence-corrected chi connectivity index (χ1v) is 42.4. The summed E-state index contributed by atoms with van der Waals surface area (Å²) in [6.07, 6.45) is 36.4. The Labute approximate surface area is 628 Å². The molecule has 6 spiro atoms. The molecule has 0 aromatic carbocycles. The monoisotopic (exact) mass is 1420 g/mol. The SMILES string of the molecule is CC(C)C1CCC2(CC1)CC(C)(C)C(=O)N2C.CC(C)C1CCC2(CC1)CC(C)(C)C(=O)N2C.CC(C)C1CCC2(CC1)CC(C)(C)C(=O)N2C.CC(C)C1CCC2(CC1)CC(C)(C)C(=O)N2C.CC(C)C1CCC2(CC1)CC(C)(C)C(=O)N2C.CC(C)C1CCC2(CC1)CC(C)(C)C(=O)N2C. The number of nitrogens with zero attached hydrogens (tertiary/aromatic N) is 6. The summed E-state index contributed by atoms with van der Waals surface area (Å²) in [5.41, 5.74) is 0.282. The molecule has 12 fully saturated rings. The molecule has 12 aliphatic rings. The first kappa shape index (κ1) is 86.1. The Morgan fingerprint density at radius 3 is 0.353 bits per heavy atom. The molecule has 6 amide bonds. The van der Waals surface area contributed by atoms with Crippen molar-refractivity contribution >= 4 is 35.4 Å². The fourth-order valence-electron chi connectivity index (χ4n) is 24.3. The second-order valence-electron chi connectivity index (χ2n) is 43.4. The van der Waals surface area contributed by atoms with Crippen molar-refractivity contribution in [2.24, 2.45) is 104 Å². The van der Waals surface area contributed by atoms with Crippen molar-refractivity contribution in [1.82, 2.24) is 29.4 Å². The van der Waals surface area contributed by atoms with Gasteiger partial charge in [-0.2, -0.15) is 0 Å². The predicted octanol–water partition coefficient (Wildman–Crippen LogP) is 20.8. The first-order chi connectivity index (χ1) is 46.7. The van der Waals surface area contributed by atoms with Gasteiger partial charge in [-0.1, -0.05) is 166 Å². The summed E-state index contributed by atoms with van der Waals surface area (Å²) < 4.78 is 0. The van der Waals surface area contributed by atoms with Gasteiger partial charge >= 0.3 is 0 Å². The Morgan fingerprint density at radius 2 is 0.294 bits per heavy atom. The number of carbonyl (C=O) groups excluding carboxylic acids is 6. The minimum atomic E-state index is -0.139. The van der Waals surface area contributed by atoms with Gasteiger partial charge in [0, 0.05) is 108 Å². The minimum Gasteiger partial charge on any atom is -0.340 e. The summed E-state index contributed by atoms with van der Waals surface area (Å²) in [5.74, 6) is 12.1. The van der Waals surface area contributed by atoms with Gasteiger partial charge in [0.1, 0.15) is 0 Å². The van der Waals surface area contributed by atoms with E-state index in [4.69, 9.17) is 0 Å². The lowest BCUT2D eigenvalue weighted by atomic mass is 9.69. The zero-order chi connectivity index (χ0) is 77.1. The van der Waals surface area contributed by atoms with Crippen LogP contribution < -0.4 is 0 Å². The largest absolute Gasteiger partial charge is 0.340 e. The molecule has 0 N–H and O–H groups in total. The highest BCUT2D eigenvalue weighted by atomic mass is 16.2. The Kier molecular flexibility index (Phi) is 26.5. The lowest BCUT2D eigenvalue weighted by Crippen LogP contribution is -2.46. The lowest BCUT2D eigenvalue weighted by Gasteiger charge is -2.43. The van der Waals surface area contributed by atoms with Crippen LogP contribution in [0, 0.1) is 104 Å². The van der Waals surface area contributed by atoms with Crippen molar-refractivity contribution in [2.45, 2.75) is 392 Å². The second-order valence-corrected chi connectivity index (χ2v) is 43.4. The second kappa shape index (κ2) is 31.4. The van der Waals surface area contributed by atoms with E-state index in [1.807, 2.05) is 42.3 Å². The summed E-state index contributed by atoms with van der Waals surface area (Å²) in [6, 6.07) is 0. The van der Waals surface area contributed by atoms with Gasteiger partial charge in [-0.25, -0.2) is 0 Å². The van der Waals surface area contributed by atoms with Gasteiger partial charge in [0.05, 0.1) is 0 Å². The van der Waals surface area contributed by atoms with E-state index in [9.17, 15) is 28.8 Å². The Bertz CT molecular complexity index is 2360. The van der Waals surface area contributed by atoms with Crippen LogP contribution in [-0.2, 0) is 28.8 Å². The van der Waals surface area contributed by atoms with Gasteiger partial charge in [-0.05, 0) is 264 Å². The third-order valence-corrected chi connectivity index (χ3v) is 31.6. The van der Waals surface area contributed by atoms with E-state index < -0.39 is 0 Å². The normalized spacial score (nSPS) is 37.2. The number of hydrogen-bond donors (Lipinski definition) is 0. The molecular weight excluding hydrogens is 1260 g/mol. The average Bonchev–Trinajstić information content (AvgIpc) is 1.65. The first-order valence-electron chi connectivity index (χ1n) is 42.4. The van der Waals surface area contributed by atoms with E-state index in [1.165, 1.54) is 154 Å². The molecular formula is C90H162N6O6. The van der Waals surface area contributed by atoms with E-state index in [-0.39, 0.29) is 65.7 Å². The Morgan fingerprint density at radius 1 is 0.206 bits per heavy atom. The molecule has 12 rings (SSSR count). The Balaban J connectivity index is 0.000000172. The molecule has 12 heteroatoms. The molecule has 0 unspecified atom stereocenters. The number of rotatable bonds is 6. The van der Waals surface area contributed by atoms with E-state index in [0.29, 0.717) is 35.4 Å². The molecule has 6 aliphatic heterocycles. The molecule has 6 aliphatic carbocycles. The number of carbonyl (C=O) groups is 6. The van der Waals surface area contributed by atoms with Gasteiger partial charge < -0.3 is 29.4 Å². The number of hydrogen-bond acceptors (Lipinski definition) is 6. The third-order valence-electron chi connectivity index (χ3n) is 31.6. The highest BCUT2D eigenvalue weighted by Crippen LogP contribution is 2.57. The molecule has 102 heavy (non-hydrogen) atoms. The fourth-order valence-corrected chi connectivity index (χ4v) is 24.3. The van der Waals surface area contributed by atoms with Crippen LogP contribution in [0.4, 0.5) is 0 Å². The fraction of sp³-hybridized carbons (Fsp3) is 0.933. The molecule has 6 heterocycles. The van der Waals surface area contributed by atoms with Gasteiger partial charge in [-0.3, -0.25) is 28.8 Å². The average molecular weight is 1420 g/mol. The van der Waals surface area contributed by atoms with Gasteiger partial charge in [0.2, 0.25) is 35.4 Å². The summed E-state index contributed by atoms with van der Waals surface area (Å²) >= 11 is 0. The standard InChI is InChI=1S/6C15H27NO/c6*1-11(2)12-6-8-15(9-7-12)10-14(3,4)13(17)16(15)5/h6*11-12H,6-10H2,1-5H3. The summed E-state index contributed by atoms with van der Waals surface area (Å²) in [5, 5.41) is 0. The van der Waals surface area contributed by atoms with E-state index in [1.54, 1.807) is 0 Å². The molecule has 0 aromatic rings.